The maximum atomic E-state index is 12.4. The third kappa shape index (κ3) is 4.16. The van der Waals surface area contributed by atoms with Crippen LogP contribution in [0.1, 0.15) is 44.9 Å². The van der Waals surface area contributed by atoms with Gasteiger partial charge in [0.05, 0.1) is 12.6 Å². The zero-order valence-electron chi connectivity index (χ0n) is 14.1. The molecule has 0 radical (unpaired) electrons. The van der Waals surface area contributed by atoms with E-state index in [9.17, 15) is 9.59 Å². The van der Waals surface area contributed by atoms with E-state index in [0.29, 0.717) is 30.9 Å². The summed E-state index contributed by atoms with van der Waals surface area (Å²) in [6, 6.07) is 0.501. The Kier molecular flexibility index (Phi) is 5.41. The van der Waals surface area contributed by atoms with Crippen LogP contribution in [0.25, 0.3) is 0 Å². The van der Waals surface area contributed by atoms with Gasteiger partial charge in [-0.25, -0.2) is 4.79 Å². The van der Waals surface area contributed by atoms with Crippen LogP contribution in [0.2, 0.25) is 0 Å². The molecule has 0 aromatic rings. The first kappa shape index (κ1) is 16.6. The Labute approximate surface area is 138 Å². The van der Waals surface area contributed by atoms with Crippen LogP contribution in [0.3, 0.4) is 0 Å². The van der Waals surface area contributed by atoms with Gasteiger partial charge in [0.2, 0.25) is 5.91 Å². The van der Waals surface area contributed by atoms with E-state index in [1.165, 1.54) is 12.8 Å². The highest BCUT2D eigenvalue weighted by Crippen LogP contribution is 2.33. The van der Waals surface area contributed by atoms with Crippen molar-refractivity contribution in [2.45, 2.75) is 57.0 Å². The molecular formula is C17H29N3O3. The molecule has 0 spiro atoms. The maximum Gasteiger partial charge on any atom is 0.317 e. The first-order valence-electron chi connectivity index (χ1n) is 9.03. The maximum absolute atomic E-state index is 12.4. The van der Waals surface area contributed by atoms with E-state index in [1.807, 2.05) is 4.90 Å². The average Bonchev–Trinajstić information content (AvgIpc) is 3.40. The number of amides is 3. The monoisotopic (exact) mass is 323 g/mol. The molecule has 130 valence electrons. The summed E-state index contributed by atoms with van der Waals surface area (Å²) in [5.41, 5.74) is 0. The molecule has 23 heavy (non-hydrogen) atoms. The minimum atomic E-state index is 0.0300. The lowest BCUT2D eigenvalue weighted by Crippen LogP contribution is -2.53. The molecule has 0 aromatic heterocycles. The fourth-order valence-corrected chi connectivity index (χ4v) is 3.82. The van der Waals surface area contributed by atoms with Crippen LogP contribution in [0.15, 0.2) is 0 Å². The summed E-state index contributed by atoms with van der Waals surface area (Å²) in [4.78, 5) is 28.4. The van der Waals surface area contributed by atoms with Crippen molar-refractivity contribution in [3.8, 4) is 0 Å². The fourth-order valence-electron chi connectivity index (χ4n) is 3.82. The highest BCUT2D eigenvalue weighted by atomic mass is 16.5. The third-order valence-electron chi connectivity index (χ3n) is 5.40. The van der Waals surface area contributed by atoms with Crippen LogP contribution in [-0.4, -0.2) is 67.2 Å². The van der Waals surface area contributed by atoms with Gasteiger partial charge >= 0.3 is 6.03 Å². The lowest BCUT2D eigenvalue weighted by molar-refractivity contribution is -0.136. The number of hydrogen-bond acceptors (Lipinski definition) is 3. The molecule has 0 unspecified atom stereocenters. The molecule has 1 saturated carbocycles. The summed E-state index contributed by atoms with van der Waals surface area (Å²) in [6.07, 6.45) is 7.02. The minimum Gasteiger partial charge on any atom is -0.383 e. The molecule has 0 bridgehead atoms. The van der Waals surface area contributed by atoms with Crippen molar-refractivity contribution in [1.29, 1.82) is 0 Å². The van der Waals surface area contributed by atoms with E-state index in [4.69, 9.17) is 4.74 Å². The van der Waals surface area contributed by atoms with E-state index in [-0.39, 0.29) is 12.1 Å². The van der Waals surface area contributed by atoms with Gasteiger partial charge in [-0.2, -0.15) is 0 Å². The van der Waals surface area contributed by atoms with Gasteiger partial charge in [-0.1, -0.05) is 0 Å². The van der Waals surface area contributed by atoms with Crippen molar-refractivity contribution in [3.05, 3.63) is 0 Å². The van der Waals surface area contributed by atoms with Crippen LogP contribution >= 0.6 is 0 Å². The van der Waals surface area contributed by atoms with Crippen molar-refractivity contribution < 1.29 is 14.3 Å². The first-order valence-corrected chi connectivity index (χ1v) is 9.03. The van der Waals surface area contributed by atoms with Crippen LogP contribution in [0, 0.1) is 5.92 Å². The summed E-state index contributed by atoms with van der Waals surface area (Å²) >= 11 is 0. The molecule has 3 amide bonds. The van der Waals surface area contributed by atoms with E-state index < -0.39 is 0 Å². The van der Waals surface area contributed by atoms with Crippen molar-refractivity contribution in [2.24, 2.45) is 5.92 Å². The van der Waals surface area contributed by atoms with Gasteiger partial charge in [-0.3, -0.25) is 4.79 Å². The van der Waals surface area contributed by atoms with Crippen LogP contribution in [-0.2, 0) is 9.53 Å². The second-order valence-electron chi connectivity index (χ2n) is 7.11. The number of carbonyl (C=O) groups is 2. The number of nitrogens with zero attached hydrogens (tertiary/aromatic N) is 2. The lowest BCUT2D eigenvalue weighted by atomic mass is 9.99. The van der Waals surface area contributed by atoms with Crippen LogP contribution in [0.5, 0.6) is 0 Å². The van der Waals surface area contributed by atoms with Gasteiger partial charge in [-0.05, 0) is 44.4 Å². The Morgan fingerprint density at radius 2 is 1.96 bits per heavy atom. The standard InChI is InChI=1S/C17H29N3O3/c1-23-12-15(13-5-6-13)18-17(22)19-10-7-14(8-11-19)20-9-3-2-4-16(20)21/h13-15H,2-12H2,1H3,(H,18,22)/t15-/m1/s1. The molecule has 0 aromatic carbocycles. The quantitative estimate of drug-likeness (QED) is 0.836. The number of hydrogen-bond donors (Lipinski definition) is 1. The molecule has 6 heteroatoms. The molecule has 1 aliphatic carbocycles. The molecule has 2 heterocycles. The SMILES string of the molecule is COC[C@@H](NC(=O)N1CCC(N2CCCCC2=O)CC1)C1CC1. The lowest BCUT2D eigenvalue weighted by Gasteiger charge is -2.40. The first-order chi connectivity index (χ1) is 11.2. The number of likely N-dealkylation sites (tertiary alicyclic amines) is 2. The number of ether oxygens (including phenoxy) is 1. The Bertz CT molecular complexity index is 431. The molecule has 1 atom stereocenters. The van der Waals surface area contributed by atoms with E-state index >= 15 is 0 Å². The summed E-state index contributed by atoms with van der Waals surface area (Å²) in [5.74, 6) is 0.885. The summed E-state index contributed by atoms with van der Waals surface area (Å²) in [6.45, 7) is 2.97. The smallest absolute Gasteiger partial charge is 0.317 e. The van der Waals surface area contributed by atoms with Crippen molar-refractivity contribution in [2.75, 3.05) is 33.4 Å². The number of carbonyl (C=O) groups excluding carboxylic acids is 2. The zero-order valence-corrected chi connectivity index (χ0v) is 14.1. The molecule has 3 aliphatic rings. The fraction of sp³-hybridized carbons (Fsp3) is 0.882. The predicted molar refractivity (Wildman–Crippen MR) is 87.1 cm³/mol. The molecule has 2 aliphatic heterocycles. The number of urea groups is 1. The van der Waals surface area contributed by atoms with Gasteiger partial charge in [0.1, 0.15) is 0 Å². The molecule has 6 nitrogen and oxygen atoms in total. The molecule has 3 rings (SSSR count). The van der Waals surface area contributed by atoms with E-state index in [0.717, 1.165) is 45.3 Å². The molecular weight excluding hydrogens is 294 g/mol. The predicted octanol–water partition coefficient (Wildman–Crippen LogP) is 1.60. The number of methoxy groups -OCH3 is 1. The van der Waals surface area contributed by atoms with Gasteiger partial charge in [0.25, 0.3) is 0 Å². The molecule has 2 saturated heterocycles. The Morgan fingerprint density at radius 1 is 1.22 bits per heavy atom. The third-order valence-corrected chi connectivity index (χ3v) is 5.40. The normalized spacial score (nSPS) is 24.7. The number of rotatable bonds is 5. The highest BCUT2D eigenvalue weighted by Gasteiger charge is 2.35. The van der Waals surface area contributed by atoms with Crippen molar-refractivity contribution in [1.82, 2.24) is 15.1 Å². The minimum absolute atomic E-state index is 0.0300. The second-order valence-corrected chi connectivity index (χ2v) is 7.11. The summed E-state index contributed by atoms with van der Waals surface area (Å²) < 4.78 is 5.22. The number of nitrogens with one attached hydrogen (secondary N) is 1. The summed E-state index contributed by atoms with van der Waals surface area (Å²) in [7, 11) is 1.68. The van der Waals surface area contributed by atoms with Gasteiger partial charge in [0.15, 0.2) is 0 Å². The Morgan fingerprint density at radius 3 is 2.57 bits per heavy atom. The van der Waals surface area contributed by atoms with Gasteiger partial charge in [-0.15, -0.1) is 0 Å². The zero-order chi connectivity index (χ0) is 16.2. The topological polar surface area (TPSA) is 61.9 Å². The number of piperidine rings is 2. The van der Waals surface area contributed by atoms with Gasteiger partial charge < -0.3 is 19.9 Å². The highest BCUT2D eigenvalue weighted by molar-refractivity contribution is 5.77. The van der Waals surface area contributed by atoms with E-state index in [2.05, 4.69) is 10.2 Å². The largest absolute Gasteiger partial charge is 0.383 e. The van der Waals surface area contributed by atoms with Crippen molar-refractivity contribution >= 4 is 11.9 Å². The summed E-state index contributed by atoms with van der Waals surface area (Å²) in [5, 5.41) is 3.13. The second kappa shape index (κ2) is 7.51. The Hall–Kier alpha value is -1.30. The van der Waals surface area contributed by atoms with E-state index in [1.54, 1.807) is 7.11 Å². The molecule has 3 fully saturated rings. The molecule has 1 N–H and O–H groups in total. The van der Waals surface area contributed by atoms with Gasteiger partial charge in [0, 0.05) is 39.2 Å². The van der Waals surface area contributed by atoms with Crippen LogP contribution in [0.4, 0.5) is 4.79 Å². The Balaban J connectivity index is 1.46. The average molecular weight is 323 g/mol. The van der Waals surface area contributed by atoms with Crippen LogP contribution < -0.4 is 5.32 Å². The van der Waals surface area contributed by atoms with Crippen molar-refractivity contribution in [3.63, 3.8) is 0 Å².